The van der Waals surface area contributed by atoms with Gasteiger partial charge in [0.05, 0.1) is 21.1 Å². The second kappa shape index (κ2) is 4.94. The van der Waals surface area contributed by atoms with E-state index in [-0.39, 0.29) is 21.2 Å². The summed E-state index contributed by atoms with van der Waals surface area (Å²) >= 11 is 5.92. The van der Waals surface area contributed by atoms with E-state index in [4.69, 9.17) is 16.0 Å². The second-order valence-electron chi connectivity index (χ2n) is 4.26. The molecule has 6 nitrogen and oxygen atoms in total. The number of hydrogen-bond donors (Lipinski definition) is 2. The normalized spacial score (nSPS) is 11.7. The minimum Gasteiger partial charge on any atom is -0.408 e. The summed E-state index contributed by atoms with van der Waals surface area (Å²) in [5, 5.41) is 0.287. The number of nitrogens with one attached hydrogen (secondary N) is 2. The van der Waals surface area contributed by atoms with Gasteiger partial charge in [-0.05, 0) is 24.3 Å². The zero-order valence-electron chi connectivity index (χ0n) is 10.5. The highest BCUT2D eigenvalue weighted by atomic mass is 35.5. The third kappa shape index (κ3) is 2.65. The fourth-order valence-corrected chi connectivity index (χ4v) is 3.17. The third-order valence-electron chi connectivity index (χ3n) is 2.82. The molecule has 21 heavy (non-hydrogen) atoms. The lowest BCUT2D eigenvalue weighted by Crippen LogP contribution is -2.13. The lowest BCUT2D eigenvalue weighted by molar-refractivity contribution is 0.554. The molecule has 108 valence electrons. The topological polar surface area (TPSA) is 92.2 Å². The summed E-state index contributed by atoms with van der Waals surface area (Å²) in [5.74, 6) is -0.640. The molecule has 0 fully saturated rings. The molecular weight excluding hydrogens is 316 g/mol. The summed E-state index contributed by atoms with van der Waals surface area (Å²) in [6.45, 7) is 0. The molecule has 1 aromatic heterocycles. The highest BCUT2D eigenvalue weighted by Crippen LogP contribution is 2.25. The molecule has 0 aliphatic rings. The van der Waals surface area contributed by atoms with Gasteiger partial charge in [0, 0.05) is 6.07 Å². The highest BCUT2D eigenvalue weighted by molar-refractivity contribution is 7.92. The van der Waals surface area contributed by atoms with Crippen LogP contribution in [0, 0.1) is 0 Å². The molecule has 0 aliphatic heterocycles. The van der Waals surface area contributed by atoms with Gasteiger partial charge < -0.3 is 4.42 Å². The molecule has 1 heterocycles. The van der Waals surface area contributed by atoms with Gasteiger partial charge in [-0.3, -0.25) is 9.71 Å². The SMILES string of the molecule is O=c1[nH]c2ccc(S(=O)(=O)Nc3ccccc3Cl)cc2o1. The van der Waals surface area contributed by atoms with Gasteiger partial charge in [-0.1, -0.05) is 23.7 Å². The molecule has 0 atom stereocenters. The Labute approximate surface area is 124 Å². The largest absolute Gasteiger partial charge is 0.417 e. The van der Waals surface area contributed by atoms with Crippen LogP contribution in [0.15, 0.2) is 56.6 Å². The van der Waals surface area contributed by atoms with E-state index in [1.54, 1.807) is 24.3 Å². The number of hydrogen-bond acceptors (Lipinski definition) is 4. The van der Waals surface area contributed by atoms with Crippen LogP contribution >= 0.6 is 11.6 Å². The average Bonchev–Trinajstić information content (AvgIpc) is 2.80. The van der Waals surface area contributed by atoms with E-state index in [0.717, 1.165) is 0 Å². The van der Waals surface area contributed by atoms with Crippen molar-refractivity contribution in [2.45, 2.75) is 4.90 Å². The molecule has 3 aromatic rings. The quantitative estimate of drug-likeness (QED) is 0.774. The van der Waals surface area contributed by atoms with Crippen LogP contribution in [0.5, 0.6) is 0 Å². The summed E-state index contributed by atoms with van der Waals surface area (Å²) < 4.78 is 31.8. The predicted octanol–water partition coefficient (Wildman–Crippen LogP) is 2.58. The first kappa shape index (κ1) is 13.7. The number of halogens is 1. The van der Waals surface area contributed by atoms with Crippen molar-refractivity contribution >= 4 is 38.4 Å². The monoisotopic (exact) mass is 324 g/mol. The maximum absolute atomic E-state index is 12.3. The van der Waals surface area contributed by atoms with E-state index in [1.807, 2.05) is 0 Å². The molecule has 0 unspecified atom stereocenters. The molecule has 2 N–H and O–H groups in total. The lowest BCUT2D eigenvalue weighted by Gasteiger charge is -2.09. The maximum Gasteiger partial charge on any atom is 0.417 e. The minimum absolute atomic E-state index is 0.0299. The van der Waals surface area contributed by atoms with Gasteiger partial charge in [-0.25, -0.2) is 13.2 Å². The van der Waals surface area contributed by atoms with Crippen LogP contribution in [0.1, 0.15) is 0 Å². The van der Waals surface area contributed by atoms with Crippen LogP contribution in [0.4, 0.5) is 5.69 Å². The number of fused-ring (bicyclic) bond motifs is 1. The van der Waals surface area contributed by atoms with Gasteiger partial charge in [0.25, 0.3) is 10.0 Å². The van der Waals surface area contributed by atoms with E-state index in [9.17, 15) is 13.2 Å². The molecule has 0 saturated carbocycles. The second-order valence-corrected chi connectivity index (χ2v) is 6.35. The van der Waals surface area contributed by atoms with Crippen LogP contribution in [0.2, 0.25) is 5.02 Å². The van der Waals surface area contributed by atoms with Crippen molar-refractivity contribution in [3.63, 3.8) is 0 Å². The van der Waals surface area contributed by atoms with Crippen LogP contribution in [0.25, 0.3) is 11.1 Å². The van der Waals surface area contributed by atoms with Crippen LogP contribution in [-0.2, 0) is 10.0 Å². The number of aromatic nitrogens is 1. The first-order valence-electron chi connectivity index (χ1n) is 5.86. The Balaban J connectivity index is 2.03. The Bertz CT molecular complexity index is 975. The van der Waals surface area contributed by atoms with Crippen molar-refractivity contribution in [1.29, 1.82) is 0 Å². The molecule has 0 aliphatic carbocycles. The predicted molar refractivity (Wildman–Crippen MR) is 79.1 cm³/mol. The molecule has 0 spiro atoms. The summed E-state index contributed by atoms with van der Waals surface area (Å²) in [6.07, 6.45) is 0. The Morgan fingerprint density at radius 3 is 2.67 bits per heavy atom. The van der Waals surface area contributed by atoms with E-state index in [1.165, 1.54) is 18.2 Å². The van der Waals surface area contributed by atoms with E-state index in [0.29, 0.717) is 5.52 Å². The van der Waals surface area contributed by atoms with Crippen molar-refractivity contribution < 1.29 is 12.8 Å². The van der Waals surface area contributed by atoms with Crippen molar-refractivity contribution in [1.82, 2.24) is 4.98 Å². The van der Waals surface area contributed by atoms with E-state index in [2.05, 4.69) is 9.71 Å². The van der Waals surface area contributed by atoms with Crippen LogP contribution in [-0.4, -0.2) is 13.4 Å². The minimum atomic E-state index is -3.83. The first-order chi connectivity index (χ1) is 9.95. The molecule has 0 bridgehead atoms. The van der Waals surface area contributed by atoms with E-state index < -0.39 is 15.8 Å². The van der Waals surface area contributed by atoms with Crippen molar-refractivity contribution in [3.8, 4) is 0 Å². The molecule has 0 saturated heterocycles. The summed E-state index contributed by atoms with van der Waals surface area (Å²) in [6, 6.07) is 10.6. The Hall–Kier alpha value is -2.25. The van der Waals surface area contributed by atoms with Gasteiger partial charge in [0.2, 0.25) is 0 Å². The molecule has 3 rings (SSSR count). The van der Waals surface area contributed by atoms with Crippen LogP contribution < -0.4 is 10.5 Å². The third-order valence-corrected chi connectivity index (χ3v) is 4.51. The van der Waals surface area contributed by atoms with Gasteiger partial charge >= 0.3 is 5.76 Å². The lowest BCUT2D eigenvalue weighted by atomic mass is 10.3. The molecule has 2 aromatic carbocycles. The highest BCUT2D eigenvalue weighted by Gasteiger charge is 2.17. The van der Waals surface area contributed by atoms with Crippen molar-refractivity contribution in [3.05, 3.63) is 58.0 Å². The fourth-order valence-electron chi connectivity index (χ4n) is 1.84. The number of para-hydroxylation sites is 1. The molecule has 0 radical (unpaired) electrons. The maximum atomic E-state index is 12.3. The van der Waals surface area contributed by atoms with Gasteiger partial charge in [-0.2, -0.15) is 0 Å². The Morgan fingerprint density at radius 1 is 1.14 bits per heavy atom. The number of rotatable bonds is 3. The number of benzene rings is 2. The van der Waals surface area contributed by atoms with Crippen molar-refractivity contribution in [2.75, 3.05) is 4.72 Å². The first-order valence-corrected chi connectivity index (χ1v) is 7.72. The Morgan fingerprint density at radius 2 is 1.90 bits per heavy atom. The van der Waals surface area contributed by atoms with Crippen molar-refractivity contribution in [2.24, 2.45) is 0 Å². The fraction of sp³-hybridized carbons (Fsp3) is 0. The van der Waals surface area contributed by atoms with Gasteiger partial charge in [0.15, 0.2) is 5.58 Å². The number of aromatic amines is 1. The molecular formula is C13H9ClN2O4S. The Kier molecular flexibility index (Phi) is 3.23. The summed E-state index contributed by atoms with van der Waals surface area (Å²) in [4.78, 5) is 13.5. The number of oxazole rings is 1. The summed E-state index contributed by atoms with van der Waals surface area (Å²) in [7, 11) is -3.83. The number of H-pyrrole nitrogens is 1. The standard InChI is InChI=1S/C13H9ClN2O4S/c14-9-3-1-2-4-10(9)16-21(18,19)8-5-6-11-12(7-8)20-13(17)15-11/h1-7,16H,(H,15,17). The number of anilines is 1. The van der Waals surface area contributed by atoms with Crippen LogP contribution in [0.3, 0.4) is 0 Å². The average molecular weight is 325 g/mol. The zero-order valence-corrected chi connectivity index (χ0v) is 12.0. The smallest absolute Gasteiger partial charge is 0.408 e. The zero-order chi connectivity index (χ0) is 15.0. The molecule has 0 amide bonds. The van der Waals surface area contributed by atoms with Gasteiger partial charge in [-0.15, -0.1) is 0 Å². The molecule has 8 heteroatoms. The van der Waals surface area contributed by atoms with E-state index >= 15 is 0 Å². The summed E-state index contributed by atoms with van der Waals surface area (Å²) in [5.41, 5.74) is 0.869. The number of sulfonamides is 1. The van der Waals surface area contributed by atoms with Gasteiger partial charge in [0.1, 0.15) is 0 Å².